The first-order chi connectivity index (χ1) is 9.70. The van der Waals surface area contributed by atoms with Crippen molar-refractivity contribution in [3.8, 4) is 0 Å². The van der Waals surface area contributed by atoms with Gasteiger partial charge in [0.25, 0.3) is 0 Å². The van der Waals surface area contributed by atoms with Gasteiger partial charge in [-0.3, -0.25) is 9.67 Å². The molecule has 0 bridgehead atoms. The Kier molecular flexibility index (Phi) is 3.24. The monoisotopic (exact) mass is 267 g/mol. The molecule has 20 heavy (non-hydrogen) atoms. The molecule has 0 saturated heterocycles. The molecule has 1 atom stereocenters. The third-order valence-corrected chi connectivity index (χ3v) is 3.52. The molecule has 2 aromatic heterocycles. The second-order valence-electron chi connectivity index (χ2n) is 4.87. The Hall–Kier alpha value is -2.20. The van der Waals surface area contributed by atoms with Crippen molar-refractivity contribution in [2.75, 3.05) is 0 Å². The van der Waals surface area contributed by atoms with Crippen LogP contribution in [0.5, 0.6) is 0 Å². The first kappa shape index (κ1) is 12.8. The molecule has 0 radical (unpaired) electrons. The molecule has 2 heterocycles. The van der Waals surface area contributed by atoms with Gasteiger partial charge in [-0.25, -0.2) is 0 Å². The number of aryl methyl sites for hydroxylation is 2. The summed E-state index contributed by atoms with van der Waals surface area (Å²) in [6, 6.07) is 9.78. The molecule has 102 valence electrons. The van der Waals surface area contributed by atoms with E-state index in [0.29, 0.717) is 0 Å². The Morgan fingerprint density at radius 3 is 2.95 bits per heavy atom. The Bertz CT molecular complexity index is 743. The van der Waals surface area contributed by atoms with Crippen LogP contribution in [0.4, 0.5) is 0 Å². The normalized spacial score (nSPS) is 12.8. The molecule has 0 fully saturated rings. The van der Waals surface area contributed by atoms with Crippen LogP contribution in [0, 0.1) is 6.92 Å². The van der Waals surface area contributed by atoms with Gasteiger partial charge in [-0.05, 0) is 36.9 Å². The van der Waals surface area contributed by atoms with Crippen molar-refractivity contribution in [1.82, 2.24) is 14.8 Å². The van der Waals surface area contributed by atoms with Crippen molar-refractivity contribution in [3.05, 3.63) is 59.7 Å². The second-order valence-corrected chi connectivity index (χ2v) is 4.87. The number of rotatable bonds is 3. The van der Waals surface area contributed by atoms with Crippen LogP contribution in [0.15, 0.2) is 42.7 Å². The molecule has 3 rings (SSSR count). The molecule has 0 aliphatic rings. The Labute approximate surface area is 117 Å². The van der Waals surface area contributed by atoms with E-state index >= 15 is 0 Å². The summed E-state index contributed by atoms with van der Waals surface area (Å²) >= 11 is 0. The van der Waals surface area contributed by atoms with Gasteiger partial charge in [-0.1, -0.05) is 18.2 Å². The Morgan fingerprint density at radius 1 is 1.30 bits per heavy atom. The highest BCUT2D eigenvalue weighted by Gasteiger charge is 2.18. The quantitative estimate of drug-likeness (QED) is 0.794. The van der Waals surface area contributed by atoms with Crippen molar-refractivity contribution in [1.29, 1.82) is 0 Å². The highest BCUT2D eigenvalue weighted by atomic mass is 16.3. The Balaban J connectivity index is 2.15. The van der Waals surface area contributed by atoms with Crippen LogP contribution >= 0.6 is 0 Å². The minimum absolute atomic E-state index is 0.678. The summed E-state index contributed by atoms with van der Waals surface area (Å²) in [5.74, 6) is 0. The number of aliphatic hydroxyl groups excluding tert-OH is 1. The van der Waals surface area contributed by atoms with Gasteiger partial charge in [-0.2, -0.15) is 5.10 Å². The molecule has 1 unspecified atom stereocenters. The molecule has 0 saturated carbocycles. The van der Waals surface area contributed by atoms with Crippen molar-refractivity contribution < 1.29 is 5.11 Å². The number of hydrogen-bond donors (Lipinski definition) is 1. The summed E-state index contributed by atoms with van der Waals surface area (Å²) in [5.41, 5.74) is 2.64. The zero-order valence-electron chi connectivity index (χ0n) is 11.6. The van der Waals surface area contributed by atoms with E-state index in [4.69, 9.17) is 0 Å². The smallest absolute Gasteiger partial charge is 0.121 e. The van der Waals surface area contributed by atoms with Crippen molar-refractivity contribution in [2.45, 2.75) is 26.5 Å². The van der Waals surface area contributed by atoms with Gasteiger partial charge in [0.2, 0.25) is 0 Å². The SMILES string of the molecule is CCn1nc(C)cc1C(O)c1cccc2cnccc12. The van der Waals surface area contributed by atoms with Crippen LogP contribution in [0.2, 0.25) is 0 Å². The number of benzene rings is 1. The molecule has 4 heteroatoms. The van der Waals surface area contributed by atoms with Crippen LogP contribution < -0.4 is 0 Å². The lowest BCUT2D eigenvalue weighted by Gasteiger charge is -2.15. The van der Waals surface area contributed by atoms with Crippen LogP contribution in [0.25, 0.3) is 10.8 Å². The van der Waals surface area contributed by atoms with Crippen molar-refractivity contribution in [2.24, 2.45) is 0 Å². The van der Waals surface area contributed by atoms with Gasteiger partial charge in [0.05, 0.1) is 11.4 Å². The van der Waals surface area contributed by atoms with Gasteiger partial charge in [-0.15, -0.1) is 0 Å². The molecule has 0 aliphatic heterocycles. The largest absolute Gasteiger partial charge is 0.382 e. The van der Waals surface area contributed by atoms with E-state index in [-0.39, 0.29) is 0 Å². The third kappa shape index (κ3) is 2.08. The third-order valence-electron chi connectivity index (χ3n) is 3.52. The van der Waals surface area contributed by atoms with Crippen molar-refractivity contribution >= 4 is 10.8 Å². The average Bonchev–Trinajstić information content (AvgIpc) is 2.87. The van der Waals surface area contributed by atoms with Gasteiger partial charge >= 0.3 is 0 Å². The van der Waals surface area contributed by atoms with Crippen LogP contribution in [0.3, 0.4) is 0 Å². The molecule has 3 aromatic rings. The van der Waals surface area contributed by atoms with Gasteiger partial charge in [0, 0.05) is 24.3 Å². The second kappa shape index (κ2) is 5.06. The number of pyridine rings is 1. The lowest BCUT2D eigenvalue weighted by Crippen LogP contribution is -2.09. The summed E-state index contributed by atoms with van der Waals surface area (Å²) < 4.78 is 1.85. The van der Waals surface area contributed by atoms with Crippen LogP contribution in [-0.2, 0) is 6.54 Å². The average molecular weight is 267 g/mol. The predicted octanol–water partition coefficient (Wildman–Crippen LogP) is 2.84. The fourth-order valence-corrected chi connectivity index (χ4v) is 2.58. The Morgan fingerprint density at radius 2 is 2.15 bits per heavy atom. The lowest BCUT2D eigenvalue weighted by atomic mass is 10.00. The van der Waals surface area contributed by atoms with E-state index in [2.05, 4.69) is 10.1 Å². The minimum atomic E-state index is -0.678. The van der Waals surface area contributed by atoms with E-state index in [1.807, 2.05) is 55.1 Å². The van der Waals surface area contributed by atoms with E-state index < -0.39 is 6.10 Å². The van der Waals surface area contributed by atoms with E-state index in [9.17, 15) is 5.11 Å². The number of aromatic nitrogens is 3. The summed E-state index contributed by atoms with van der Waals surface area (Å²) in [7, 11) is 0. The zero-order chi connectivity index (χ0) is 14.1. The predicted molar refractivity (Wildman–Crippen MR) is 78.4 cm³/mol. The number of aliphatic hydroxyl groups is 1. The summed E-state index contributed by atoms with van der Waals surface area (Å²) in [6.45, 7) is 4.71. The van der Waals surface area contributed by atoms with E-state index in [1.54, 1.807) is 6.20 Å². The lowest BCUT2D eigenvalue weighted by molar-refractivity contribution is 0.209. The minimum Gasteiger partial charge on any atom is -0.382 e. The first-order valence-electron chi connectivity index (χ1n) is 6.75. The maximum atomic E-state index is 10.7. The molecule has 1 aromatic carbocycles. The van der Waals surface area contributed by atoms with E-state index in [1.165, 1.54) is 0 Å². The highest BCUT2D eigenvalue weighted by Crippen LogP contribution is 2.28. The molecule has 0 amide bonds. The summed E-state index contributed by atoms with van der Waals surface area (Å²) in [6.07, 6.45) is 2.89. The maximum Gasteiger partial charge on any atom is 0.121 e. The molecular formula is C16H17N3O. The molecule has 1 N–H and O–H groups in total. The summed E-state index contributed by atoms with van der Waals surface area (Å²) in [4.78, 5) is 4.12. The number of hydrogen-bond acceptors (Lipinski definition) is 3. The fraction of sp³-hybridized carbons (Fsp3) is 0.250. The maximum absolute atomic E-state index is 10.7. The zero-order valence-corrected chi connectivity index (χ0v) is 11.6. The van der Waals surface area contributed by atoms with Crippen LogP contribution in [0.1, 0.15) is 30.0 Å². The molecule has 0 spiro atoms. The number of nitrogens with zero attached hydrogens (tertiary/aromatic N) is 3. The van der Waals surface area contributed by atoms with Gasteiger partial charge in [0.15, 0.2) is 0 Å². The molecule has 4 nitrogen and oxygen atoms in total. The summed E-state index contributed by atoms with van der Waals surface area (Å²) in [5, 5.41) is 17.2. The van der Waals surface area contributed by atoms with Crippen molar-refractivity contribution in [3.63, 3.8) is 0 Å². The molecular weight excluding hydrogens is 250 g/mol. The highest BCUT2D eigenvalue weighted by molar-refractivity contribution is 5.85. The standard InChI is InChI=1S/C16H17N3O/c1-3-19-15(9-11(2)18-19)16(20)14-6-4-5-12-10-17-8-7-13(12)14/h4-10,16,20H,3H2,1-2H3. The number of fused-ring (bicyclic) bond motifs is 1. The topological polar surface area (TPSA) is 50.9 Å². The van der Waals surface area contributed by atoms with Gasteiger partial charge in [0.1, 0.15) is 6.10 Å². The van der Waals surface area contributed by atoms with E-state index in [0.717, 1.165) is 34.3 Å². The first-order valence-corrected chi connectivity index (χ1v) is 6.75. The fourth-order valence-electron chi connectivity index (χ4n) is 2.58. The van der Waals surface area contributed by atoms with Gasteiger partial charge < -0.3 is 5.11 Å². The molecule has 0 aliphatic carbocycles. The van der Waals surface area contributed by atoms with Crippen LogP contribution in [-0.4, -0.2) is 19.9 Å².